The Morgan fingerprint density at radius 3 is 2.61 bits per heavy atom. The van der Waals surface area contributed by atoms with Gasteiger partial charge in [-0.05, 0) is 44.5 Å². The zero-order valence-corrected chi connectivity index (χ0v) is 18.6. The topological polar surface area (TPSA) is 108 Å². The van der Waals surface area contributed by atoms with Crippen molar-refractivity contribution in [3.63, 3.8) is 0 Å². The Kier molecular flexibility index (Phi) is 7.04. The first-order valence-electron chi connectivity index (χ1n) is 11.2. The highest BCUT2D eigenvalue weighted by Crippen LogP contribution is 2.21. The second-order valence-electron chi connectivity index (χ2n) is 8.02. The maximum Gasteiger partial charge on any atom is 0.294 e. The normalized spacial score (nSPS) is 13.7. The van der Waals surface area contributed by atoms with E-state index >= 15 is 0 Å². The van der Waals surface area contributed by atoms with E-state index in [2.05, 4.69) is 20.2 Å². The lowest BCUT2D eigenvalue weighted by Gasteiger charge is -2.14. The van der Waals surface area contributed by atoms with E-state index in [1.54, 1.807) is 0 Å². The Labute approximate surface area is 192 Å². The molecule has 2 heterocycles. The maximum atomic E-state index is 12.8. The summed E-state index contributed by atoms with van der Waals surface area (Å²) >= 11 is 0. The lowest BCUT2D eigenvalue weighted by Crippen LogP contribution is -2.27. The van der Waals surface area contributed by atoms with Gasteiger partial charge in [-0.2, -0.15) is 0 Å². The Balaban J connectivity index is 1.51. The summed E-state index contributed by atoms with van der Waals surface area (Å²) in [5, 5.41) is 12.9. The summed E-state index contributed by atoms with van der Waals surface area (Å²) in [4.78, 5) is 34.3. The average molecular weight is 449 g/mol. The summed E-state index contributed by atoms with van der Waals surface area (Å²) < 4.78 is 5.57. The van der Waals surface area contributed by atoms with Gasteiger partial charge >= 0.3 is 0 Å². The molecule has 3 N–H and O–H groups in total. The van der Waals surface area contributed by atoms with E-state index in [9.17, 15) is 14.7 Å². The Morgan fingerprint density at radius 2 is 1.88 bits per heavy atom. The first-order valence-corrected chi connectivity index (χ1v) is 11.2. The van der Waals surface area contributed by atoms with Crippen molar-refractivity contribution in [1.82, 2.24) is 20.2 Å². The van der Waals surface area contributed by atoms with Gasteiger partial charge in [0, 0.05) is 24.2 Å². The second kappa shape index (κ2) is 10.3. The number of amides is 1. The van der Waals surface area contributed by atoms with E-state index in [1.165, 1.54) is 18.4 Å². The number of para-hydroxylation sites is 1. The highest BCUT2D eigenvalue weighted by Gasteiger charge is 2.19. The molecule has 1 aliphatic rings. The predicted molar refractivity (Wildman–Crippen MR) is 125 cm³/mol. The monoisotopic (exact) mass is 448 g/mol. The van der Waals surface area contributed by atoms with E-state index in [0.717, 1.165) is 25.2 Å². The summed E-state index contributed by atoms with van der Waals surface area (Å²) in [6.45, 7) is 5.67. The number of nitrogens with one attached hydrogen (secondary N) is 2. The molecule has 0 saturated carbocycles. The van der Waals surface area contributed by atoms with Gasteiger partial charge in [0.05, 0.1) is 6.61 Å². The number of benzene rings is 2. The van der Waals surface area contributed by atoms with Crippen LogP contribution in [0.15, 0.2) is 53.3 Å². The third kappa shape index (κ3) is 5.40. The van der Waals surface area contributed by atoms with Crippen molar-refractivity contribution in [3.05, 3.63) is 75.7 Å². The average Bonchev–Trinajstić information content (AvgIpc) is 3.34. The largest absolute Gasteiger partial charge is 0.501 e. The number of nitrogens with zero attached hydrogens (tertiary/aromatic N) is 2. The van der Waals surface area contributed by atoms with E-state index in [0.29, 0.717) is 17.9 Å². The van der Waals surface area contributed by atoms with Crippen LogP contribution in [0.5, 0.6) is 11.5 Å². The molecular weight excluding hydrogens is 420 g/mol. The van der Waals surface area contributed by atoms with Crippen molar-refractivity contribution >= 4 is 5.91 Å². The highest BCUT2D eigenvalue weighted by atomic mass is 16.5. The molecule has 0 spiro atoms. The summed E-state index contributed by atoms with van der Waals surface area (Å²) in [5.74, 6) is -0.458. The first-order chi connectivity index (χ1) is 16.0. The van der Waals surface area contributed by atoms with Gasteiger partial charge in [-0.15, -0.1) is 0 Å². The Bertz CT molecular complexity index is 1170. The smallest absolute Gasteiger partial charge is 0.294 e. The predicted octanol–water partition coefficient (Wildman–Crippen LogP) is 3.07. The molecule has 0 unspecified atom stereocenters. The van der Waals surface area contributed by atoms with E-state index in [1.807, 2.05) is 55.5 Å². The number of ether oxygens (including phenoxy) is 1. The van der Waals surface area contributed by atoms with Crippen molar-refractivity contribution in [1.29, 1.82) is 0 Å². The summed E-state index contributed by atoms with van der Waals surface area (Å²) in [7, 11) is 0. The molecule has 4 rings (SSSR count). The van der Waals surface area contributed by atoms with Crippen LogP contribution in [-0.2, 0) is 13.1 Å². The number of aromatic amines is 1. The standard InChI is InChI=1S/C25H28N4O4/c1-2-33-20-8-4-3-7-19(20)15-26-24(31)21-22(30)25(32)28-23(27-21)18-11-9-17(10-12-18)16-29-13-5-6-14-29/h3-4,7-12,30H,2,5-6,13-16H2,1H3,(H,26,31)(H,27,28,32). The molecule has 1 aliphatic heterocycles. The fourth-order valence-corrected chi connectivity index (χ4v) is 3.93. The van der Waals surface area contributed by atoms with Gasteiger partial charge in [0.1, 0.15) is 11.6 Å². The minimum Gasteiger partial charge on any atom is -0.501 e. The van der Waals surface area contributed by atoms with Gasteiger partial charge in [0.25, 0.3) is 11.5 Å². The molecule has 2 aromatic carbocycles. The second-order valence-corrected chi connectivity index (χ2v) is 8.02. The summed E-state index contributed by atoms with van der Waals surface area (Å²) in [6, 6.07) is 15.1. The van der Waals surface area contributed by atoms with Gasteiger partial charge in [-0.25, -0.2) is 4.98 Å². The SMILES string of the molecule is CCOc1ccccc1CNC(=O)c1nc(-c2ccc(CN3CCCC3)cc2)[nH]c(=O)c1O. The number of aromatic nitrogens is 2. The van der Waals surface area contributed by atoms with Crippen molar-refractivity contribution in [2.45, 2.75) is 32.9 Å². The third-order valence-electron chi connectivity index (χ3n) is 5.65. The van der Waals surface area contributed by atoms with Crippen LogP contribution in [0, 0.1) is 0 Å². The van der Waals surface area contributed by atoms with Crippen LogP contribution in [0.25, 0.3) is 11.4 Å². The molecule has 1 fully saturated rings. The zero-order chi connectivity index (χ0) is 23.2. The molecule has 172 valence electrons. The molecule has 1 aromatic heterocycles. The molecule has 0 bridgehead atoms. The number of hydrogen-bond donors (Lipinski definition) is 3. The number of carbonyl (C=O) groups is 1. The fourth-order valence-electron chi connectivity index (χ4n) is 3.93. The molecule has 8 nitrogen and oxygen atoms in total. The van der Waals surface area contributed by atoms with Crippen molar-refractivity contribution < 1.29 is 14.6 Å². The van der Waals surface area contributed by atoms with Gasteiger partial charge in [0.15, 0.2) is 5.69 Å². The number of likely N-dealkylation sites (tertiary alicyclic amines) is 1. The fraction of sp³-hybridized carbons (Fsp3) is 0.320. The molecule has 1 saturated heterocycles. The van der Waals surface area contributed by atoms with Crippen LogP contribution in [0.4, 0.5) is 0 Å². The van der Waals surface area contributed by atoms with Crippen molar-refractivity contribution in [2.75, 3.05) is 19.7 Å². The van der Waals surface area contributed by atoms with E-state index in [4.69, 9.17) is 4.74 Å². The first kappa shape index (κ1) is 22.5. The molecule has 8 heteroatoms. The number of carbonyl (C=O) groups excluding carboxylic acids is 1. The number of hydrogen-bond acceptors (Lipinski definition) is 6. The molecule has 0 aliphatic carbocycles. The molecule has 0 atom stereocenters. The Morgan fingerprint density at radius 1 is 1.15 bits per heavy atom. The molecular formula is C25H28N4O4. The van der Waals surface area contributed by atoms with Crippen LogP contribution < -0.4 is 15.6 Å². The zero-order valence-electron chi connectivity index (χ0n) is 18.6. The van der Waals surface area contributed by atoms with E-state index < -0.39 is 17.2 Å². The summed E-state index contributed by atoms with van der Waals surface area (Å²) in [6.07, 6.45) is 2.47. The van der Waals surface area contributed by atoms with Crippen LogP contribution >= 0.6 is 0 Å². The van der Waals surface area contributed by atoms with Gasteiger partial charge in [0.2, 0.25) is 5.75 Å². The quantitative estimate of drug-likeness (QED) is 0.489. The Hall–Kier alpha value is -3.65. The summed E-state index contributed by atoms with van der Waals surface area (Å²) in [5.41, 5.74) is 1.54. The van der Waals surface area contributed by atoms with Gasteiger partial charge in [-0.1, -0.05) is 42.5 Å². The van der Waals surface area contributed by atoms with E-state index in [-0.39, 0.29) is 18.1 Å². The van der Waals surface area contributed by atoms with Crippen molar-refractivity contribution in [3.8, 4) is 22.9 Å². The lowest BCUT2D eigenvalue weighted by atomic mass is 10.1. The highest BCUT2D eigenvalue weighted by molar-refractivity contribution is 5.95. The van der Waals surface area contributed by atoms with Crippen LogP contribution in [0.1, 0.15) is 41.4 Å². The molecule has 3 aromatic rings. The number of rotatable bonds is 8. The minimum atomic E-state index is -0.763. The number of H-pyrrole nitrogens is 1. The maximum absolute atomic E-state index is 12.8. The van der Waals surface area contributed by atoms with Crippen LogP contribution in [0.2, 0.25) is 0 Å². The lowest BCUT2D eigenvalue weighted by molar-refractivity contribution is 0.0942. The van der Waals surface area contributed by atoms with Gasteiger partial charge in [-0.3, -0.25) is 14.5 Å². The molecule has 1 amide bonds. The van der Waals surface area contributed by atoms with Crippen molar-refractivity contribution in [2.24, 2.45) is 0 Å². The van der Waals surface area contributed by atoms with Gasteiger partial charge < -0.3 is 20.1 Å². The van der Waals surface area contributed by atoms with Crippen LogP contribution in [-0.4, -0.2) is 45.6 Å². The van der Waals surface area contributed by atoms with Crippen LogP contribution in [0.3, 0.4) is 0 Å². The third-order valence-corrected chi connectivity index (χ3v) is 5.65. The molecule has 33 heavy (non-hydrogen) atoms. The molecule has 0 radical (unpaired) electrons. The minimum absolute atomic E-state index is 0.170. The number of aromatic hydroxyl groups is 1.